The maximum absolute atomic E-state index is 4.88. The number of nitrogens with zero attached hydrogens (tertiary/aromatic N) is 6. The number of aromatic nitrogens is 6. The second-order valence-electron chi connectivity index (χ2n) is 7.26. The minimum atomic E-state index is 0.495. The lowest BCUT2D eigenvalue weighted by atomic mass is 9.94. The average Bonchev–Trinajstić information content (AvgIpc) is 3.24. The van der Waals surface area contributed by atoms with E-state index in [1.165, 1.54) is 12.8 Å². The summed E-state index contributed by atoms with van der Waals surface area (Å²) in [5.74, 6) is 2.90. The fraction of sp³-hybridized carbons (Fsp3) is 0.556. The minimum Gasteiger partial charge on any atom is -0.317 e. The molecule has 1 N–H and O–H groups in total. The van der Waals surface area contributed by atoms with E-state index in [2.05, 4.69) is 33.8 Å². The van der Waals surface area contributed by atoms with Gasteiger partial charge in [-0.15, -0.1) is 0 Å². The molecule has 0 unspecified atom stereocenters. The number of hydrogen-bond acceptors (Lipinski definition) is 5. The van der Waals surface area contributed by atoms with Gasteiger partial charge in [0.05, 0.1) is 6.20 Å². The van der Waals surface area contributed by atoms with Gasteiger partial charge in [0.25, 0.3) is 0 Å². The zero-order valence-corrected chi connectivity index (χ0v) is 14.9. The Morgan fingerprint density at radius 1 is 1.24 bits per heavy atom. The lowest BCUT2D eigenvalue weighted by molar-refractivity contribution is 0.367. The van der Waals surface area contributed by atoms with Gasteiger partial charge in [0, 0.05) is 25.4 Å². The Hall–Kier alpha value is -2.28. The van der Waals surface area contributed by atoms with Gasteiger partial charge in [0.1, 0.15) is 11.3 Å². The Labute approximate surface area is 147 Å². The summed E-state index contributed by atoms with van der Waals surface area (Å²) in [5.41, 5.74) is 1.75. The molecule has 1 fully saturated rings. The van der Waals surface area contributed by atoms with Gasteiger partial charge in [-0.3, -0.25) is 4.57 Å². The van der Waals surface area contributed by atoms with Gasteiger partial charge in [-0.2, -0.15) is 5.10 Å². The van der Waals surface area contributed by atoms with Crippen LogP contribution >= 0.6 is 0 Å². The molecule has 0 amide bonds. The van der Waals surface area contributed by atoms with Crippen molar-refractivity contribution in [3.05, 3.63) is 30.5 Å². The van der Waals surface area contributed by atoms with Crippen LogP contribution in [0, 0.1) is 11.8 Å². The summed E-state index contributed by atoms with van der Waals surface area (Å²) in [7, 11) is 0. The predicted molar refractivity (Wildman–Crippen MR) is 96.6 cm³/mol. The normalized spacial score (nSPS) is 16.1. The van der Waals surface area contributed by atoms with E-state index >= 15 is 0 Å². The number of rotatable bonds is 5. The van der Waals surface area contributed by atoms with E-state index in [1.807, 2.05) is 18.5 Å². The smallest absolute Gasteiger partial charge is 0.233 e. The molecule has 1 aliphatic heterocycles. The highest BCUT2D eigenvalue weighted by molar-refractivity contribution is 5.72. The summed E-state index contributed by atoms with van der Waals surface area (Å²) in [4.78, 5) is 14.2. The van der Waals surface area contributed by atoms with Gasteiger partial charge in [-0.1, -0.05) is 13.8 Å². The Morgan fingerprint density at radius 3 is 2.80 bits per heavy atom. The lowest BCUT2D eigenvalue weighted by Gasteiger charge is -2.21. The van der Waals surface area contributed by atoms with Crippen molar-refractivity contribution >= 4 is 11.2 Å². The predicted octanol–water partition coefficient (Wildman–Crippen LogP) is 2.21. The van der Waals surface area contributed by atoms with Gasteiger partial charge in [-0.25, -0.2) is 19.6 Å². The maximum Gasteiger partial charge on any atom is 0.233 e. The van der Waals surface area contributed by atoms with Crippen LogP contribution in [0.3, 0.4) is 0 Å². The van der Waals surface area contributed by atoms with E-state index in [9.17, 15) is 0 Å². The van der Waals surface area contributed by atoms with Crippen molar-refractivity contribution in [2.45, 2.75) is 39.7 Å². The summed E-state index contributed by atoms with van der Waals surface area (Å²) in [5, 5.41) is 7.76. The van der Waals surface area contributed by atoms with Crippen molar-refractivity contribution in [1.82, 2.24) is 34.6 Å². The molecule has 0 spiro atoms. The van der Waals surface area contributed by atoms with Crippen LogP contribution in [0.1, 0.15) is 32.5 Å². The third-order valence-corrected chi connectivity index (χ3v) is 4.70. The second-order valence-corrected chi connectivity index (χ2v) is 7.26. The molecule has 1 saturated heterocycles. The Morgan fingerprint density at radius 2 is 2.08 bits per heavy atom. The molecule has 0 radical (unpaired) electrons. The largest absolute Gasteiger partial charge is 0.317 e. The first-order valence-corrected chi connectivity index (χ1v) is 9.13. The van der Waals surface area contributed by atoms with E-state index in [4.69, 9.17) is 9.97 Å². The molecule has 0 aromatic carbocycles. The van der Waals surface area contributed by atoms with Gasteiger partial charge in [0.15, 0.2) is 5.65 Å². The number of imidazole rings is 1. The van der Waals surface area contributed by atoms with Crippen LogP contribution in [0.15, 0.2) is 24.7 Å². The van der Waals surface area contributed by atoms with Crippen LogP contribution in [-0.4, -0.2) is 42.4 Å². The summed E-state index contributed by atoms with van der Waals surface area (Å²) < 4.78 is 3.97. The summed E-state index contributed by atoms with van der Waals surface area (Å²) >= 11 is 0. The van der Waals surface area contributed by atoms with Crippen LogP contribution in [-0.2, 0) is 13.0 Å². The molecule has 1 aliphatic rings. The molecule has 3 aromatic heterocycles. The van der Waals surface area contributed by atoms with Crippen LogP contribution in [0.4, 0.5) is 0 Å². The molecule has 4 heterocycles. The fourth-order valence-electron chi connectivity index (χ4n) is 3.48. The van der Waals surface area contributed by atoms with E-state index < -0.39 is 0 Å². The van der Waals surface area contributed by atoms with Crippen molar-refractivity contribution in [3.8, 4) is 5.95 Å². The van der Waals surface area contributed by atoms with Gasteiger partial charge in [-0.05, 0) is 43.8 Å². The number of fused-ring (bicyclic) bond motifs is 1. The topological polar surface area (TPSA) is 73.5 Å². The highest BCUT2D eigenvalue weighted by Gasteiger charge is 2.19. The van der Waals surface area contributed by atoms with Crippen LogP contribution in [0.25, 0.3) is 17.1 Å². The van der Waals surface area contributed by atoms with Crippen LogP contribution < -0.4 is 5.32 Å². The first kappa shape index (κ1) is 16.2. The van der Waals surface area contributed by atoms with E-state index in [1.54, 1.807) is 10.9 Å². The molecule has 0 saturated carbocycles. The minimum absolute atomic E-state index is 0.495. The molecule has 0 atom stereocenters. The number of piperidine rings is 1. The first-order valence-electron chi connectivity index (χ1n) is 9.13. The highest BCUT2D eigenvalue weighted by atomic mass is 15.4. The third kappa shape index (κ3) is 3.42. The van der Waals surface area contributed by atoms with Gasteiger partial charge in [0.2, 0.25) is 5.95 Å². The van der Waals surface area contributed by atoms with Crippen molar-refractivity contribution in [3.63, 3.8) is 0 Å². The van der Waals surface area contributed by atoms with Crippen molar-refractivity contribution < 1.29 is 0 Å². The fourth-order valence-corrected chi connectivity index (χ4v) is 3.48. The van der Waals surface area contributed by atoms with E-state index in [0.29, 0.717) is 11.8 Å². The summed E-state index contributed by atoms with van der Waals surface area (Å²) in [6, 6.07) is 1.91. The molecular weight excluding hydrogens is 314 g/mol. The SMILES string of the molecule is CC(C)Cn1c(-n2cccn2)nc2cnc(CC3CCNCC3)nc21. The number of nitrogens with one attached hydrogen (secondary N) is 1. The maximum atomic E-state index is 4.88. The van der Waals surface area contributed by atoms with E-state index in [0.717, 1.165) is 49.0 Å². The summed E-state index contributed by atoms with van der Waals surface area (Å²) in [6.07, 6.45) is 8.90. The van der Waals surface area contributed by atoms with Crippen LogP contribution in [0.2, 0.25) is 0 Å². The standard InChI is InChI=1S/C18H25N7/c1-13(2)12-24-17-15(22-18(24)25-9-3-6-21-25)11-20-16(23-17)10-14-4-7-19-8-5-14/h3,6,9,11,13-14,19H,4-5,7-8,10,12H2,1-2H3. The lowest BCUT2D eigenvalue weighted by Crippen LogP contribution is -2.29. The molecule has 0 aliphatic carbocycles. The summed E-state index contributed by atoms with van der Waals surface area (Å²) in [6.45, 7) is 7.46. The zero-order chi connectivity index (χ0) is 17.2. The molecule has 3 aromatic rings. The molecule has 132 valence electrons. The Kier molecular flexibility index (Phi) is 4.48. The van der Waals surface area contributed by atoms with Crippen LogP contribution in [0.5, 0.6) is 0 Å². The third-order valence-electron chi connectivity index (χ3n) is 4.70. The molecule has 25 heavy (non-hydrogen) atoms. The molecule has 7 heteroatoms. The van der Waals surface area contributed by atoms with Crippen molar-refractivity contribution in [1.29, 1.82) is 0 Å². The first-order chi connectivity index (χ1) is 12.2. The molecule has 4 rings (SSSR count). The van der Waals surface area contributed by atoms with Gasteiger partial charge < -0.3 is 5.32 Å². The molecular formula is C18H25N7. The average molecular weight is 339 g/mol. The van der Waals surface area contributed by atoms with Crippen molar-refractivity contribution in [2.75, 3.05) is 13.1 Å². The monoisotopic (exact) mass is 339 g/mol. The molecule has 7 nitrogen and oxygen atoms in total. The van der Waals surface area contributed by atoms with Gasteiger partial charge >= 0.3 is 0 Å². The number of hydrogen-bond donors (Lipinski definition) is 1. The quantitative estimate of drug-likeness (QED) is 0.771. The van der Waals surface area contributed by atoms with Crippen molar-refractivity contribution in [2.24, 2.45) is 11.8 Å². The highest BCUT2D eigenvalue weighted by Crippen LogP contribution is 2.21. The molecule has 0 bridgehead atoms. The Balaban J connectivity index is 1.72. The Bertz CT molecular complexity index is 829. The second kappa shape index (κ2) is 6.92. The van der Waals surface area contributed by atoms with E-state index in [-0.39, 0.29) is 0 Å². The zero-order valence-electron chi connectivity index (χ0n) is 14.9.